The molecule has 2 heterocycles. The Morgan fingerprint density at radius 3 is 2.88 bits per heavy atom. The summed E-state index contributed by atoms with van der Waals surface area (Å²) in [6.45, 7) is 3.51. The van der Waals surface area contributed by atoms with Gasteiger partial charge < -0.3 is 5.11 Å². The van der Waals surface area contributed by atoms with Crippen molar-refractivity contribution in [2.45, 2.75) is 24.6 Å². The summed E-state index contributed by atoms with van der Waals surface area (Å²) in [5.74, 6) is 1.19. The summed E-state index contributed by atoms with van der Waals surface area (Å²) < 4.78 is 0. The molecule has 0 amide bonds. The molecule has 17 heavy (non-hydrogen) atoms. The van der Waals surface area contributed by atoms with Gasteiger partial charge in [-0.25, -0.2) is 0 Å². The van der Waals surface area contributed by atoms with Gasteiger partial charge in [0.25, 0.3) is 0 Å². The lowest BCUT2D eigenvalue weighted by atomic mass is 10.2. The minimum Gasteiger partial charge on any atom is -0.390 e. The van der Waals surface area contributed by atoms with Crippen molar-refractivity contribution >= 4 is 11.8 Å². The van der Waals surface area contributed by atoms with E-state index >= 15 is 0 Å². The first kappa shape index (κ1) is 12.1. The van der Waals surface area contributed by atoms with Crippen LogP contribution in [0.15, 0.2) is 29.6 Å². The Labute approximate surface area is 104 Å². The van der Waals surface area contributed by atoms with E-state index in [1.165, 1.54) is 11.8 Å². The Bertz CT molecular complexity index is 478. The van der Waals surface area contributed by atoms with E-state index in [1.54, 1.807) is 20.0 Å². The lowest BCUT2D eigenvalue weighted by molar-refractivity contribution is 0.107. The molecule has 2 aromatic heterocycles. The Morgan fingerprint density at radius 1 is 1.41 bits per heavy atom. The second-order valence-corrected chi connectivity index (χ2v) is 5.23. The first-order chi connectivity index (χ1) is 8.04. The van der Waals surface area contributed by atoms with E-state index in [0.29, 0.717) is 16.7 Å². The SMILES string of the molecule is CC(C)(O)CSc1n[nH]c(-c2ccccn2)n1. The average molecular weight is 250 g/mol. The Kier molecular flexibility index (Phi) is 3.44. The van der Waals surface area contributed by atoms with Crippen molar-refractivity contribution in [2.24, 2.45) is 0 Å². The van der Waals surface area contributed by atoms with E-state index < -0.39 is 5.60 Å². The normalized spacial score (nSPS) is 11.7. The Morgan fingerprint density at radius 2 is 2.24 bits per heavy atom. The zero-order valence-corrected chi connectivity index (χ0v) is 10.5. The average Bonchev–Trinajstić information content (AvgIpc) is 2.75. The maximum absolute atomic E-state index is 9.60. The zero-order valence-electron chi connectivity index (χ0n) is 9.71. The van der Waals surface area contributed by atoms with Crippen LogP contribution in [-0.4, -0.2) is 36.6 Å². The third-order valence-electron chi connectivity index (χ3n) is 1.93. The molecule has 2 aromatic rings. The van der Waals surface area contributed by atoms with Crippen molar-refractivity contribution in [1.29, 1.82) is 0 Å². The topological polar surface area (TPSA) is 74.7 Å². The van der Waals surface area contributed by atoms with Crippen LogP contribution in [0.3, 0.4) is 0 Å². The number of hydrogen-bond acceptors (Lipinski definition) is 5. The monoisotopic (exact) mass is 250 g/mol. The van der Waals surface area contributed by atoms with Gasteiger partial charge in [0.05, 0.1) is 5.60 Å². The number of pyridine rings is 1. The van der Waals surface area contributed by atoms with Crippen molar-refractivity contribution in [3.8, 4) is 11.5 Å². The Balaban J connectivity index is 2.07. The number of aromatic nitrogens is 4. The van der Waals surface area contributed by atoms with Crippen LogP contribution in [0.2, 0.25) is 0 Å². The minimum atomic E-state index is -0.726. The number of thioether (sulfide) groups is 1. The third-order valence-corrected chi connectivity index (χ3v) is 3.22. The molecular formula is C11H14N4OS. The number of rotatable bonds is 4. The highest BCUT2D eigenvalue weighted by Crippen LogP contribution is 2.20. The van der Waals surface area contributed by atoms with Gasteiger partial charge in [-0.05, 0) is 26.0 Å². The van der Waals surface area contributed by atoms with E-state index in [4.69, 9.17) is 0 Å². The van der Waals surface area contributed by atoms with Gasteiger partial charge in [0.15, 0.2) is 5.82 Å². The molecule has 5 nitrogen and oxygen atoms in total. The van der Waals surface area contributed by atoms with Crippen LogP contribution in [0.25, 0.3) is 11.5 Å². The van der Waals surface area contributed by atoms with Crippen molar-refractivity contribution in [3.05, 3.63) is 24.4 Å². The highest BCUT2D eigenvalue weighted by Gasteiger charge is 2.15. The van der Waals surface area contributed by atoms with Crippen LogP contribution >= 0.6 is 11.8 Å². The maximum Gasteiger partial charge on any atom is 0.208 e. The molecule has 0 spiro atoms. The molecule has 0 atom stereocenters. The summed E-state index contributed by atoms with van der Waals surface area (Å²) in [6, 6.07) is 5.61. The third kappa shape index (κ3) is 3.54. The number of aromatic amines is 1. The second kappa shape index (κ2) is 4.85. The molecule has 0 saturated carbocycles. The van der Waals surface area contributed by atoms with Gasteiger partial charge >= 0.3 is 0 Å². The molecule has 0 unspecified atom stereocenters. The van der Waals surface area contributed by atoms with Crippen LogP contribution in [-0.2, 0) is 0 Å². The van der Waals surface area contributed by atoms with Gasteiger partial charge in [-0.15, -0.1) is 5.10 Å². The molecule has 0 saturated heterocycles. The van der Waals surface area contributed by atoms with Gasteiger partial charge in [-0.2, -0.15) is 4.98 Å². The van der Waals surface area contributed by atoms with Gasteiger partial charge in [0.1, 0.15) is 5.69 Å². The molecule has 2 N–H and O–H groups in total. The molecule has 90 valence electrons. The standard InChI is InChI=1S/C11H14N4OS/c1-11(2,16)7-17-10-13-9(14-15-10)8-5-3-4-6-12-8/h3-6,16H,7H2,1-2H3,(H,13,14,15). The van der Waals surface area contributed by atoms with Gasteiger partial charge in [-0.1, -0.05) is 17.8 Å². The number of aliphatic hydroxyl groups is 1. The van der Waals surface area contributed by atoms with Gasteiger partial charge in [-0.3, -0.25) is 10.1 Å². The summed E-state index contributed by atoms with van der Waals surface area (Å²) in [4.78, 5) is 8.49. The largest absolute Gasteiger partial charge is 0.390 e. The quantitative estimate of drug-likeness (QED) is 0.808. The summed E-state index contributed by atoms with van der Waals surface area (Å²) in [5.41, 5.74) is 0.0336. The van der Waals surface area contributed by atoms with Crippen LogP contribution in [0.4, 0.5) is 0 Å². The molecule has 0 fully saturated rings. The Hall–Kier alpha value is -1.40. The van der Waals surface area contributed by atoms with Crippen molar-refractivity contribution < 1.29 is 5.11 Å². The van der Waals surface area contributed by atoms with Crippen molar-refractivity contribution in [3.63, 3.8) is 0 Å². The fourth-order valence-corrected chi connectivity index (χ4v) is 1.92. The summed E-state index contributed by atoms with van der Waals surface area (Å²) in [7, 11) is 0. The first-order valence-corrected chi connectivity index (χ1v) is 6.22. The van der Waals surface area contributed by atoms with E-state index in [0.717, 1.165) is 5.69 Å². The molecule has 2 rings (SSSR count). The van der Waals surface area contributed by atoms with Crippen LogP contribution < -0.4 is 0 Å². The van der Waals surface area contributed by atoms with E-state index in [2.05, 4.69) is 20.2 Å². The fourth-order valence-electron chi connectivity index (χ4n) is 1.17. The van der Waals surface area contributed by atoms with Crippen LogP contribution in [0.5, 0.6) is 0 Å². The number of H-pyrrole nitrogens is 1. The molecule has 0 radical (unpaired) electrons. The highest BCUT2D eigenvalue weighted by atomic mass is 32.2. The molecule has 0 bridgehead atoms. The van der Waals surface area contributed by atoms with Gasteiger partial charge in [0, 0.05) is 11.9 Å². The molecule has 0 aromatic carbocycles. The van der Waals surface area contributed by atoms with Crippen LogP contribution in [0.1, 0.15) is 13.8 Å². The molecular weight excluding hydrogens is 236 g/mol. The minimum absolute atomic E-state index is 0.548. The molecule has 0 aliphatic carbocycles. The van der Waals surface area contributed by atoms with E-state index in [9.17, 15) is 5.11 Å². The smallest absolute Gasteiger partial charge is 0.208 e. The lowest BCUT2D eigenvalue weighted by Crippen LogP contribution is -2.21. The number of nitrogens with one attached hydrogen (secondary N) is 1. The lowest BCUT2D eigenvalue weighted by Gasteiger charge is -2.14. The van der Waals surface area contributed by atoms with E-state index in [-0.39, 0.29) is 0 Å². The predicted molar refractivity (Wildman–Crippen MR) is 66.6 cm³/mol. The number of hydrogen-bond donors (Lipinski definition) is 2. The zero-order chi connectivity index (χ0) is 12.3. The highest BCUT2D eigenvalue weighted by molar-refractivity contribution is 7.99. The van der Waals surface area contributed by atoms with Crippen molar-refractivity contribution in [2.75, 3.05) is 5.75 Å². The summed E-state index contributed by atoms with van der Waals surface area (Å²) in [6.07, 6.45) is 1.71. The molecule has 0 aliphatic rings. The maximum atomic E-state index is 9.60. The number of nitrogens with zero attached hydrogens (tertiary/aromatic N) is 3. The summed E-state index contributed by atoms with van der Waals surface area (Å²) in [5, 5.41) is 17.1. The predicted octanol–water partition coefficient (Wildman–Crippen LogP) is 1.73. The molecule has 6 heteroatoms. The summed E-state index contributed by atoms with van der Waals surface area (Å²) >= 11 is 1.41. The first-order valence-electron chi connectivity index (χ1n) is 5.23. The van der Waals surface area contributed by atoms with Gasteiger partial charge in [0.2, 0.25) is 5.16 Å². The van der Waals surface area contributed by atoms with E-state index in [1.807, 2.05) is 18.2 Å². The fraction of sp³-hybridized carbons (Fsp3) is 0.364. The molecule has 0 aliphatic heterocycles. The van der Waals surface area contributed by atoms with Crippen LogP contribution in [0, 0.1) is 0 Å². The second-order valence-electron chi connectivity index (χ2n) is 4.28. The van der Waals surface area contributed by atoms with Crippen molar-refractivity contribution in [1.82, 2.24) is 20.2 Å².